The van der Waals surface area contributed by atoms with Crippen LogP contribution < -0.4 is 25.3 Å². The Balaban J connectivity index is 1.46. The third-order valence-corrected chi connectivity index (χ3v) is 9.02. The van der Waals surface area contributed by atoms with Crippen LogP contribution in [-0.4, -0.2) is 92.7 Å². The summed E-state index contributed by atoms with van der Waals surface area (Å²) in [5.74, 6) is -2.49. The third kappa shape index (κ3) is 10.4. The van der Waals surface area contributed by atoms with Crippen LogP contribution in [0.3, 0.4) is 0 Å². The monoisotopic (exact) mass is 708 g/mol. The Kier molecular flexibility index (Phi) is 12.8. The number of aliphatic hydroxyl groups is 1. The second-order valence-corrected chi connectivity index (χ2v) is 14.7. The fourth-order valence-electron chi connectivity index (χ4n) is 5.57. The molecule has 0 aliphatic carbocycles. The maximum Gasteiger partial charge on any atom is 0.370 e. The molecule has 5 N–H and O–H groups in total. The smallest absolute Gasteiger partial charge is 0.370 e. The highest BCUT2D eigenvalue weighted by molar-refractivity contribution is 7.99. The number of aliphatic hydroxyl groups excluding tert-OH is 1. The van der Waals surface area contributed by atoms with Crippen molar-refractivity contribution in [2.75, 3.05) is 18.2 Å². The second-order valence-electron chi connectivity index (χ2n) is 13.7. The predicted octanol–water partition coefficient (Wildman–Crippen LogP) is 1.64. The summed E-state index contributed by atoms with van der Waals surface area (Å²) in [6.45, 7) is 8.45. The maximum atomic E-state index is 13.7. The number of aliphatic carboxylic acids is 1. The molecule has 1 aliphatic heterocycles. The molecule has 0 bridgehead atoms. The van der Waals surface area contributed by atoms with E-state index in [-0.39, 0.29) is 30.7 Å². The minimum Gasteiger partial charge on any atom is -0.483 e. The Labute approximate surface area is 295 Å². The molecule has 1 fully saturated rings. The number of rotatable bonds is 14. The average Bonchev–Trinajstić information content (AvgIpc) is 3.55. The SMILES string of the molecule is CC(C)[C@H](NC(=O)COc1cccc2c[n+](CC(=O)O)ccc12)C(=O)N[C@@H](Cc1ccccc1)[C@H](O)C(=O)N1CSC[C@H]1C(=O)NC(C)(C)C. The normalized spacial score (nSPS) is 16.4. The van der Waals surface area contributed by atoms with Gasteiger partial charge in [0, 0.05) is 28.1 Å². The van der Waals surface area contributed by atoms with Gasteiger partial charge >= 0.3 is 5.97 Å². The zero-order chi connectivity index (χ0) is 36.6. The molecule has 2 heterocycles. The summed E-state index contributed by atoms with van der Waals surface area (Å²) in [4.78, 5) is 66.0. The number of pyridine rings is 1. The Bertz CT molecular complexity index is 1700. The summed E-state index contributed by atoms with van der Waals surface area (Å²) in [5.41, 5.74) is 0.258. The molecule has 3 aromatic rings. The van der Waals surface area contributed by atoms with E-state index in [0.29, 0.717) is 16.9 Å². The number of hydrogen-bond acceptors (Lipinski definition) is 8. The fraction of sp³-hybridized carbons (Fsp3) is 0.444. The first-order chi connectivity index (χ1) is 23.6. The van der Waals surface area contributed by atoms with Crippen molar-refractivity contribution >= 4 is 52.1 Å². The molecular formula is C36H46N5O8S+. The van der Waals surface area contributed by atoms with Gasteiger partial charge < -0.3 is 35.8 Å². The van der Waals surface area contributed by atoms with Crippen LogP contribution in [0.25, 0.3) is 10.8 Å². The van der Waals surface area contributed by atoms with Crippen molar-refractivity contribution in [3.8, 4) is 5.75 Å². The van der Waals surface area contributed by atoms with Crippen molar-refractivity contribution in [1.82, 2.24) is 20.9 Å². The van der Waals surface area contributed by atoms with Crippen molar-refractivity contribution in [3.63, 3.8) is 0 Å². The van der Waals surface area contributed by atoms with E-state index in [1.165, 1.54) is 21.2 Å². The van der Waals surface area contributed by atoms with Crippen molar-refractivity contribution < 1.29 is 43.5 Å². The number of fused-ring (bicyclic) bond motifs is 1. The van der Waals surface area contributed by atoms with Gasteiger partial charge in [0.25, 0.3) is 11.8 Å². The number of aromatic nitrogens is 1. The Hall–Kier alpha value is -4.69. The van der Waals surface area contributed by atoms with Crippen molar-refractivity contribution in [3.05, 3.63) is 72.6 Å². The van der Waals surface area contributed by atoms with Crippen LogP contribution in [0.15, 0.2) is 67.0 Å². The van der Waals surface area contributed by atoms with Gasteiger partial charge in [0.05, 0.1) is 11.9 Å². The van der Waals surface area contributed by atoms with E-state index < -0.39 is 60.1 Å². The Morgan fingerprint density at radius 3 is 2.40 bits per heavy atom. The number of amides is 4. The first kappa shape index (κ1) is 38.1. The van der Waals surface area contributed by atoms with Crippen molar-refractivity contribution in [1.29, 1.82) is 0 Å². The minimum absolute atomic E-state index is 0.120. The summed E-state index contributed by atoms with van der Waals surface area (Å²) < 4.78 is 7.34. The molecule has 2 aromatic carbocycles. The number of carboxylic acid groups (broad SMARTS) is 1. The van der Waals surface area contributed by atoms with E-state index in [2.05, 4.69) is 16.0 Å². The number of nitrogens with one attached hydrogen (secondary N) is 3. The Morgan fingerprint density at radius 2 is 1.74 bits per heavy atom. The highest BCUT2D eigenvalue weighted by Crippen LogP contribution is 2.25. The van der Waals surface area contributed by atoms with Crippen LogP contribution in [0.5, 0.6) is 5.75 Å². The molecule has 0 unspecified atom stereocenters. The van der Waals surface area contributed by atoms with E-state index in [4.69, 9.17) is 9.84 Å². The third-order valence-electron chi connectivity index (χ3n) is 8.01. The molecule has 1 aliphatic rings. The van der Waals surface area contributed by atoms with Gasteiger partial charge in [-0.1, -0.05) is 50.2 Å². The van der Waals surface area contributed by atoms with E-state index in [9.17, 15) is 29.1 Å². The zero-order valence-corrected chi connectivity index (χ0v) is 29.7. The summed E-state index contributed by atoms with van der Waals surface area (Å²) in [6.07, 6.45) is 1.73. The van der Waals surface area contributed by atoms with Gasteiger partial charge in [-0.2, -0.15) is 4.57 Å². The lowest BCUT2D eigenvalue weighted by atomic mass is 9.97. The van der Waals surface area contributed by atoms with E-state index in [1.54, 1.807) is 50.5 Å². The summed E-state index contributed by atoms with van der Waals surface area (Å²) in [6, 6.07) is 13.1. The van der Waals surface area contributed by atoms with E-state index in [0.717, 1.165) is 10.9 Å². The molecule has 1 saturated heterocycles. The molecular weight excluding hydrogens is 662 g/mol. The van der Waals surface area contributed by atoms with Gasteiger partial charge in [-0.05, 0) is 50.8 Å². The minimum atomic E-state index is -1.67. The highest BCUT2D eigenvalue weighted by Gasteiger charge is 2.41. The number of benzene rings is 2. The number of carbonyl (C=O) groups excluding carboxylic acids is 4. The van der Waals surface area contributed by atoms with Crippen molar-refractivity contribution in [2.45, 2.75) is 77.4 Å². The Morgan fingerprint density at radius 1 is 1.02 bits per heavy atom. The summed E-state index contributed by atoms with van der Waals surface area (Å²) >= 11 is 1.41. The summed E-state index contributed by atoms with van der Waals surface area (Å²) in [5, 5.41) is 30.4. The summed E-state index contributed by atoms with van der Waals surface area (Å²) in [7, 11) is 0. The maximum absolute atomic E-state index is 13.7. The van der Waals surface area contributed by atoms with Crippen molar-refractivity contribution in [2.24, 2.45) is 5.92 Å². The van der Waals surface area contributed by atoms with Gasteiger partial charge in [0.15, 0.2) is 25.1 Å². The second kappa shape index (κ2) is 16.8. The molecule has 4 amide bonds. The lowest BCUT2D eigenvalue weighted by Crippen LogP contribution is -2.60. The average molecular weight is 709 g/mol. The molecule has 0 radical (unpaired) electrons. The topological polar surface area (TPSA) is 178 Å². The predicted molar refractivity (Wildman–Crippen MR) is 188 cm³/mol. The van der Waals surface area contributed by atoms with Crippen LogP contribution in [-0.2, 0) is 36.9 Å². The molecule has 50 heavy (non-hydrogen) atoms. The quantitative estimate of drug-likeness (QED) is 0.156. The number of carbonyl (C=O) groups is 5. The number of thioether (sulfide) groups is 1. The molecule has 13 nitrogen and oxygen atoms in total. The lowest BCUT2D eigenvalue weighted by Gasteiger charge is -2.32. The van der Waals surface area contributed by atoms with Gasteiger partial charge in [-0.25, -0.2) is 4.79 Å². The lowest BCUT2D eigenvalue weighted by molar-refractivity contribution is -0.684. The highest BCUT2D eigenvalue weighted by atomic mass is 32.2. The molecule has 0 saturated carbocycles. The van der Waals surface area contributed by atoms with Gasteiger partial charge in [-0.3, -0.25) is 19.2 Å². The largest absolute Gasteiger partial charge is 0.483 e. The van der Waals surface area contributed by atoms with Crippen LogP contribution in [0.1, 0.15) is 40.2 Å². The van der Waals surface area contributed by atoms with E-state index >= 15 is 0 Å². The number of nitrogens with zero attached hydrogens (tertiary/aromatic N) is 2. The van der Waals surface area contributed by atoms with Gasteiger partial charge in [0.2, 0.25) is 18.4 Å². The van der Waals surface area contributed by atoms with Crippen LogP contribution >= 0.6 is 11.8 Å². The number of ether oxygens (including phenoxy) is 1. The molecule has 14 heteroatoms. The van der Waals surface area contributed by atoms with E-state index in [1.807, 2.05) is 51.1 Å². The first-order valence-electron chi connectivity index (χ1n) is 16.4. The van der Waals surface area contributed by atoms with Crippen LogP contribution in [0.2, 0.25) is 0 Å². The number of hydrogen-bond donors (Lipinski definition) is 5. The molecule has 4 atom stereocenters. The molecule has 268 valence electrons. The van der Waals surface area contributed by atoms with Gasteiger partial charge in [0.1, 0.15) is 17.8 Å². The first-order valence-corrected chi connectivity index (χ1v) is 17.6. The zero-order valence-electron chi connectivity index (χ0n) is 28.9. The fourth-order valence-corrected chi connectivity index (χ4v) is 6.74. The van der Waals surface area contributed by atoms with Gasteiger partial charge in [-0.15, -0.1) is 11.8 Å². The molecule has 0 spiro atoms. The van der Waals surface area contributed by atoms with Crippen LogP contribution in [0.4, 0.5) is 0 Å². The van der Waals surface area contributed by atoms with Crippen LogP contribution in [0, 0.1) is 5.92 Å². The molecule has 1 aromatic heterocycles. The molecule has 4 rings (SSSR count). The number of carboxylic acids is 1. The standard InChI is InChI=1S/C36H45N5O8S/c1-22(2)31(38-29(42)19-49-28-13-9-12-24-17-40(18-30(43)44)15-14-25(24)28)34(47)37-26(16-23-10-7-6-8-11-23)32(45)35(48)41-21-50-20-27(41)33(46)39-36(3,4)5/h6-15,17,22,26-27,31-32,45H,16,18-21H2,1-5H3,(H3-,37,38,39,42,43,44,46,47)/p+1/t26-,27-,31-,32-/m0/s1.